The van der Waals surface area contributed by atoms with Crippen molar-refractivity contribution < 1.29 is 13.2 Å². The first-order valence-electron chi connectivity index (χ1n) is 10.3. The number of sulfonamides is 1. The summed E-state index contributed by atoms with van der Waals surface area (Å²) >= 11 is 15.8. The van der Waals surface area contributed by atoms with E-state index in [1.807, 2.05) is 25.1 Å². The SMILES string of the molecule is C[C@H]1Cc2cc(Br)ccc2N1C(=O)CN(Cc1ccc(Cl)cc1Cl)S(=O)(=O)c1ccccc1. The Morgan fingerprint density at radius 3 is 2.52 bits per heavy atom. The van der Waals surface area contributed by atoms with Gasteiger partial charge in [-0.2, -0.15) is 4.31 Å². The number of hydrogen-bond donors (Lipinski definition) is 0. The zero-order chi connectivity index (χ0) is 23.8. The van der Waals surface area contributed by atoms with E-state index in [0.717, 1.165) is 15.7 Å². The monoisotopic (exact) mass is 566 g/mol. The molecule has 0 N–H and O–H groups in total. The number of rotatable bonds is 6. The normalized spacial score (nSPS) is 15.7. The molecule has 0 saturated heterocycles. The Bertz CT molecular complexity index is 1300. The van der Waals surface area contributed by atoms with Crippen molar-refractivity contribution in [2.24, 2.45) is 0 Å². The maximum atomic E-state index is 13.5. The second-order valence-electron chi connectivity index (χ2n) is 7.91. The summed E-state index contributed by atoms with van der Waals surface area (Å²) in [6, 6.07) is 18.6. The zero-order valence-electron chi connectivity index (χ0n) is 17.7. The molecule has 1 aliphatic rings. The third-order valence-electron chi connectivity index (χ3n) is 5.58. The number of carbonyl (C=O) groups is 1. The molecular weight excluding hydrogens is 547 g/mol. The third-order valence-corrected chi connectivity index (χ3v) is 8.47. The number of halogens is 3. The molecule has 3 aromatic carbocycles. The maximum Gasteiger partial charge on any atom is 0.243 e. The van der Waals surface area contributed by atoms with Crippen molar-refractivity contribution in [2.75, 3.05) is 11.4 Å². The molecule has 9 heteroatoms. The molecule has 172 valence electrons. The summed E-state index contributed by atoms with van der Waals surface area (Å²) < 4.78 is 29.1. The first-order chi connectivity index (χ1) is 15.7. The summed E-state index contributed by atoms with van der Waals surface area (Å²) in [6.07, 6.45) is 0.703. The predicted octanol–water partition coefficient (Wildman–Crippen LogP) is 5.92. The van der Waals surface area contributed by atoms with Gasteiger partial charge in [-0.05, 0) is 66.9 Å². The molecule has 0 radical (unpaired) electrons. The Morgan fingerprint density at radius 2 is 1.82 bits per heavy atom. The van der Waals surface area contributed by atoms with E-state index in [1.165, 1.54) is 16.4 Å². The number of hydrogen-bond acceptors (Lipinski definition) is 3. The summed E-state index contributed by atoms with van der Waals surface area (Å²) in [6.45, 7) is 1.57. The zero-order valence-corrected chi connectivity index (χ0v) is 21.6. The van der Waals surface area contributed by atoms with Gasteiger partial charge in [0.25, 0.3) is 0 Å². The predicted molar refractivity (Wildman–Crippen MR) is 135 cm³/mol. The van der Waals surface area contributed by atoms with Gasteiger partial charge in [-0.15, -0.1) is 0 Å². The quantitative estimate of drug-likeness (QED) is 0.371. The van der Waals surface area contributed by atoms with Crippen LogP contribution in [0.4, 0.5) is 5.69 Å². The van der Waals surface area contributed by atoms with E-state index in [-0.39, 0.29) is 29.9 Å². The first-order valence-corrected chi connectivity index (χ1v) is 13.3. The smallest absolute Gasteiger partial charge is 0.243 e. The van der Waals surface area contributed by atoms with Crippen molar-refractivity contribution >= 4 is 60.7 Å². The lowest BCUT2D eigenvalue weighted by molar-refractivity contribution is -0.119. The van der Waals surface area contributed by atoms with Crippen LogP contribution >= 0.6 is 39.1 Å². The van der Waals surface area contributed by atoms with Gasteiger partial charge in [-0.25, -0.2) is 8.42 Å². The van der Waals surface area contributed by atoms with Gasteiger partial charge >= 0.3 is 0 Å². The van der Waals surface area contributed by atoms with Crippen LogP contribution in [0, 0.1) is 0 Å². The van der Waals surface area contributed by atoms with Crippen molar-refractivity contribution in [3.8, 4) is 0 Å². The average Bonchev–Trinajstić information content (AvgIpc) is 3.10. The van der Waals surface area contributed by atoms with Crippen LogP contribution in [0.2, 0.25) is 10.0 Å². The van der Waals surface area contributed by atoms with Crippen LogP contribution in [0.15, 0.2) is 76.1 Å². The van der Waals surface area contributed by atoms with Crippen molar-refractivity contribution in [3.63, 3.8) is 0 Å². The van der Waals surface area contributed by atoms with Gasteiger partial charge in [0.1, 0.15) is 0 Å². The van der Waals surface area contributed by atoms with Gasteiger partial charge in [0.05, 0.1) is 11.4 Å². The van der Waals surface area contributed by atoms with E-state index >= 15 is 0 Å². The van der Waals surface area contributed by atoms with Crippen LogP contribution < -0.4 is 4.90 Å². The van der Waals surface area contributed by atoms with Gasteiger partial charge in [0.2, 0.25) is 15.9 Å². The highest BCUT2D eigenvalue weighted by Gasteiger charge is 2.35. The van der Waals surface area contributed by atoms with Crippen LogP contribution in [-0.2, 0) is 27.8 Å². The minimum atomic E-state index is -3.97. The molecule has 0 unspecified atom stereocenters. The molecule has 1 amide bonds. The van der Waals surface area contributed by atoms with Crippen molar-refractivity contribution in [1.29, 1.82) is 0 Å². The van der Waals surface area contributed by atoms with Crippen LogP contribution in [-0.4, -0.2) is 31.2 Å². The highest BCUT2D eigenvalue weighted by atomic mass is 79.9. The molecule has 0 aliphatic carbocycles. The summed E-state index contributed by atoms with van der Waals surface area (Å²) in [4.78, 5) is 15.3. The van der Waals surface area contributed by atoms with Gasteiger partial charge in [-0.1, -0.05) is 63.4 Å². The van der Waals surface area contributed by atoms with E-state index in [1.54, 1.807) is 41.3 Å². The Kier molecular flexibility index (Phi) is 7.17. The molecule has 33 heavy (non-hydrogen) atoms. The molecule has 1 atom stereocenters. The van der Waals surface area contributed by atoms with Crippen molar-refractivity contribution in [1.82, 2.24) is 4.31 Å². The molecule has 0 saturated carbocycles. The standard InChI is InChI=1S/C24H21BrCl2N2O3S/c1-16-11-18-12-19(25)8-10-23(18)29(16)24(30)15-28(14-17-7-9-20(26)13-22(17)27)33(31,32)21-5-3-2-4-6-21/h2-10,12-13,16H,11,14-15H2,1H3/t16-/m0/s1. The van der Waals surface area contributed by atoms with E-state index in [2.05, 4.69) is 15.9 Å². The maximum absolute atomic E-state index is 13.5. The van der Waals surface area contributed by atoms with E-state index < -0.39 is 10.0 Å². The third kappa shape index (κ3) is 5.12. The van der Waals surface area contributed by atoms with Gasteiger partial charge < -0.3 is 4.90 Å². The number of fused-ring (bicyclic) bond motifs is 1. The minimum Gasteiger partial charge on any atom is -0.308 e. The van der Waals surface area contributed by atoms with Crippen LogP contribution in [0.3, 0.4) is 0 Å². The summed E-state index contributed by atoms with van der Waals surface area (Å²) in [5.74, 6) is -0.298. The fourth-order valence-electron chi connectivity index (χ4n) is 4.01. The van der Waals surface area contributed by atoms with Crippen LogP contribution in [0.5, 0.6) is 0 Å². The number of benzene rings is 3. The lowest BCUT2D eigenvalue weighted by atomic mass is 10.1. The molecule has 1 heterocycles. The summed E-state index contributed by atoms with van der Waals surface area (Å²) in [5.41, 5.74) is 2.41. The Balaban J connectivity index is 1.69. The average molecular weight is 568 g/mol. The summed E-state index contributed by atoms with van der Waals surface area (Å²) in [7, 11) is -3.97. The lowest BCUT2D eigenvalue weighted by Gasteiger charge is -2.28. The molecule has 3 aromatic rings. The molecular formula is C24H21BrCl2N2O3S. The molecule has 4 rings (SSSR count). The van der Waals surface area contributed by atoms with Crippen LogP contribution in [0.25, 0.3) is 0 Å². The minimum absolute atomic E-state index is 0.0611. The molecule has 1 aliphatic heterocycles. The Morgan fingerprint density at radius 1 is 1.09 bits per heavy atom. The van der Waals surface area contributed by atoms with Gasteiger partial charge in [0.15, 0.2) is 0 Å². The second-order valence-corrected chi connectivity index (χ2v) is 11.6. The molecule has 0 spiro atoms. The van der Waals surface area contributed by atoms with E-state index in [0.29, 0.717) is 22.0 Å². The number of amides is 1. The van der Waals surface area contributed by atoms with Crippen molar-refractivity contribution in [2.45, 2.75) is 30.8 Å². The topological polar surface area (TPSA) is 57.7 Å². The number of nitrogens with zero attached hydrogens (tertiary/aromatic N) is 2. The number of carbonyl (C=O) groups excluding carboxylic acids is 1. The van der Waals surface area contributed by atoms with Crippen molar-refractivity contribution in [3.05, 3.63) is 92.4 Å². The Labute approximate surface area is 212 Å². The number of anilines is 1. The largest absolute Gasteiger partial charge is 0.308 e. The van der Waals surface area contributed by atoms with Gasteiger partial charge in [0, 0.05) is 32.8 Å². The van der Waals surface area contributed by atoms with Crippen LogP contribution in [0.1, 0.15) is 18.1 Å². The Hall–Kier alpha value is -1.90. The second kappa shape index (κ2) is 9.76. The molecule has 0 aromatic heterocycles. The fourth-order valence-corrected chi connectivity index (χ4v) is 6.28. The van der Waals surface area contributed by atoms with Gasteiger partial charge in [-0.3, -0.25) is 4.79 Å². The molecule has 0 bridgehead atoms. The highest BCUT2D eigenvalue weighted by molar-refractivity contribution is 9.10. The molecule has 5 nitrogen and oxygen atoms in total. The van der Waals surface area contributed by atoms with E-state index in [9.17, 15) is 13.2 Å². The van der Waals surface area contributed by atoms with E-state index in [4.69, 9.17) is 23.2 Å². The first kappa shape index (κ1) is 24.2. The fraction of sp³-hybridized carbons (Fsp3) is 0.208. The highest BCUT2D eigenvalue weighted by Crippen LogP contribution is 2.35. The molecule has 0 fully saturated rings. The summed E-state index contributed by atoms with van der Waals surface area (Å²) in [5, 5.41) is 0.791. The lowest BCUT2D eigenvalue weighted by Crippen LogP contribution is -2.44.